The van der Waals surface area contributed by atoms with Crippen molar-refractivity contribution in [3.63, 3.8) is 0 Å². The number of ether oxygens (including phenoxy) is 1. The van der Waals surface area contributed by atoms with Gasteiger partial charge in [-0.15, -0.1) is 0 Å². The van der Waals surface area contributed by atoms with Crippen molar-refractivity contribution >= 4 is 12.0 Å². The van der Waals surface area contributed by atoms with E-state index in [0.717, 1.165) is 50.5 Å². The van der Waals surface area contributed by atoms with E-state index in [-0.39, 0.29) is 41.0 Å². The third-order valence-electron chi connectivity index (χ3n) is 10.6. The Morgan fingerprint density at radius 1 is 0.974 bits per heavy atom. The molecule has 0 spiro atoms. The van der Waals surface area contributed by atoms with Crippen molar-refractivity contribution in [2.45, 2.75) is 77.0 Å². The highest BCUT2D eigenvalue weighted by molar-refractivity contribution is 5.89. The van der Waals surface area contributed by atoms with Crippen LogP contribution in [0.5, 0.6) is 0 Å². The van der Waals surface area contributed by atoms with Crippen molar-refractivity contribution in [2.75, 3.05) is 0 Å². The van der Waals surface area contributed by atoms with Gasteiger partial charge in [-0.25, -0.2) is 4.79 Å². The van der Waals surface area contributed by atoms with Crippen LogP contribution in [0.2, 0.25) is 0 Å². The highest BCUT2D eigenvalue weighted by Crippen LogP contribution is 2.63. The molecule has 1 aliphatic heterocycles. The van der Waals surface area contributed by atoms with E-state index < -0.39 is 0 Å². The van der Waals surface area contributed by atoms with Crippen LogP contribution < -0.4 is 10.6 Å². The molecule has 200 valence electrons. The first kappa shape index (κ1) is 25.2. The number of benzene rings is 2. The summed E-state index contributed by atoms with van der Waals surface area (Å²) in [6.07, 6.45) is 10.7. The first-order valence-corrected chi connectivity index (χ1v) is 14.4. The van der Waals surface area contributed by atoms with Gasteiger partial charge in [0.1, 0.15) is 6.10 Å². The van der Waals surface area contributed by atoms with Gasteiger partial charge >= 0.3 is 6.09 Å². The summed E-state index contributed by atoms with van der Waals surface area (Å²) in [5, 5.41) is 6.46. The van der Waals surface area contributed by atoms with Gasteiger partial charge in [-0.3, -0.25) is 4.79 Å². The van der Waals surface area contributed by atoms with Gasteiger partial charge in [0.05, 0.1) is 6.04 Å². The molecule has 2 N–H and O–H groups in total. The number of alkyl carbamates (subject to hydrolysis) is 1. The van der Waals surface area contributed by atoms with Crippen LogP contribution in [0.3, 0.4) is 0 Å². The molecule has 2 aromatic carbocycles. The maximum absolute atomic E-state index is 13.4. The van der Waals surface area contributed by atoms with E-state index in [0.29, 0.717) is 17.8 Å². The molecule has 3 saturated carbocycles. The maximum atomic E-state index is 13.4. The quantitative estimate of drug-likeness (QED) is 0.490. The van der Waals surface area contributed by atoms with E-state index in [2.05, 4.69) is 54.8 Å². The SMILES string of the molecule is C[C@]12C=CC(=O)N[C@@H]1CC[C@@H]1[C@@H]2CC[C@]2(C)[C@@H](OC(=O)NC(Cc3ccccc3)c3ccccc3)CC[C@@H]12. The van der Waals surface area contributed by atoms with Gasteiger partial charge in [-0.1, -0.05) is 80.6 Å². The van der Waals surface area contributed by atoms with Gasteiger partial charge in [0.15, 0.2) is 0 Å². The largest absolute Gasteiger partial charge is 0.446 e. The third-order valence-corrected chi connectivity index (χ3v) is 10.6. The number of carbonyl (C=O) groups excluding carboxylic acids is 2. The van der Waals surface area contributed by atoms with Crippen LogP contribution in [0, 0.1) is 28.6 Å². The number of hydrogen-bond donors (Lipinski definition) is 2. The Balaban J connectivity index is 1.15. The van der Waals surface area contributed by atoms with Gasteiger partial charge in [0.2, 0.25) is 5.91 Å². The van der Waals surface area contributed by atoms with Crippen LogP contribution >= 0.6 is 0 Å². The van der Waals surface area contributed by atoms with E-state index in [1.807, 2.05) is 36.4 Å². The zero-order valence-corrected chi connectivity index (χ0v) is 22.6. The minimum absolute atomic E-state index is 0.00497. The Labute approximate surface area is 226 Å². The lowest BCUT2D eigenvalue weighted by molar-refractivity contribution is -0.123. The number of hydrogen-bond acceptors (Lipinski definition) is 3. The summed E-state index contributed by atoms with van der Waals surface area (Å²) < 4.78 is 6.28. The predicted octanol–water partition coefficient (Wildman–Crippen LogP) is 6.36. The highest BCUT2D eigenvalue weighted by Gasteiger charge is 2.60. The van der Waals surface area contributed by atoms with Crippen LogP contribution in [-0.2, 0) is 16.0 Å². The summed E-state index contributed by atoms with van der Waals surface area (Å²) in [6, 6.07) is 20.6. The second-order valence-corrected chi connectivity index (χ2v) is 12.5. The summed E-state index contributed by atoms with van der Waals surface area (Å²) in [4.78, 5) is 25.4. The van der Waals surface area contributed by atoms with E-state index in [1.54, 1.807) is 6.08 Å². The van der Waals surface area contributed by atoms with Gasteiger partial charge in [-0.05, 0) is 79.9 Å². The summed E-state index contributed by atoms with van der Waals surface area (Å²) in [6.45, 7) is 4.71. The molecule has 0 radical (unpaired) electrons. The molecule has 1 unspecified atom stereocenters. The Morgan fingerprint density at radius 3 is 2.47 bits per heavy atom. The smallest absolute Gasteiger partial charge is 0.407 e. The zero-order chi connectivity index (χ0) is 26.3. The van der Waals surface area contributed by atoms with E-state index >= 15 is 0 Å². The van der Waals surface area contributed by atoms with Crippen LogP contribution in [0.15, 0.2) is 72.8 Å². The molecule has 3 aliphatic carbocycles. The fraction of sp³-hybridized carbons (Fsp3) is 0.515. The second kappa shape index (κ2) is 9.91. The molecule has 3 fully saturated rings. The van der Waals surface area contributed by atoms with Crippen LogP contribution in [-0.4, -0.2) is 24.1 Å². The van der Waals surface area contributed by atoms with Gasteiger partial charge in [0, 0.05) is 16.9 Å². The minimum Gasteiger partial charge on any atom is -0.446 e. The van der Waals surface area contributed by atoms with Crippen molar-refractivity contribution < 1.29 is 14.3 Å². The average molecular weight is 513 g/mol. The van der Waals surface area contributed by atoms with Crippen LogP contribution in [0.25, 0.3) is 0 Å². The standard InChI is InChI=1S/C33H40N2O3/c1-32-20-18-30(36)35-28(32)15-13-24-25-14-16-29(33(25,2)19-17-26(24)32)38-31(37)34-27(23-11-7-4-8-12-23)21-22-9-5-3-6-10-22/h3-12,18,20,24-29H,13-17,19,21H2,1-2H3,(H,34,37)(H,35,36)/t24-,25-,26-,27?,28+,29-,32+,33-/m0/s1. The highest BCUT2D eigenvalue weighted by atomic mass is 16.6. The summed E-state index contributed by atoms with van der Waals surface area (Å²) >= 11 is 0. The normalized spacial score (nSPS) is 36.3. The van der Waals surface area contributed by atoms with Crippen molar-refractivity contribution in [1.82, 2.24) is 10.6 Å². The molecular formula is C33H40N2O3. The monoisotopic (exact) mass is 512 g/mol. The maximum Gasteiger partial charge on any atom is 0.407 e. The molecule has 0 saturated heterocycles. The van der Waals surface area contributed by atoms with E-state index in [1.165, 1.54) is 5.56 Å². The van der Waals surface area contributed by atoms with Crippen LogP contribution in [0.4, 0.5) is 4.79 Å². The number of amides is 2. The zero-order valence-electron chi connectivity index (χ0n) is 22.6. The number of rotatable bonds is 5. The predicted molar refractivity (Wildman–Crippen MR) is 148 cm³/mol. The summed E-state index contributed by atoms with van der Waals surface area (Å²) in [5.41, 5.74) is 2.30. The van der Waals surface area contributed by atoms with Crippen LogP contribution in [0.1, 0.15) is 69.5 Å². The Kier molecular flexibility index (Phi) is 6.57. The lowest BCUT2D eigenvalue weighted by Gasteiger charge is -2.58. The van der Waals surface area contributed by atoms with Crippen molar-refractivity contribution in [1.29, 1.82) is 0 Å². The van der Waals surface area contributed by atoms with E-state index in [9.17, 15) is 9.59 Å². The lowest BCUT2D eigenvalue weighted by atomic mass is 9.48. The van der Waals surface area contributed by atoms with Gasteiger partial charge < -0.3 is 15.4 Å². The molecule has 5 nitrogen and oxygen atoms in total. The molecule has 0 aromatic heterocycles. The average Bonchev–Trinajstić information content (AvgIpc) is 3.25. The third kappa shape index (κ3) is 4.44. The molecule has 2 amide bonds. The second-order valence-electron chi connectivity index (χ2n) is 12.5. The van der Waals surface area contributed by atoms with Crippen molar-refractivity contribution in [3.8, 4) is 0 Å². The van der Waals surface area contributed by atoms with Gasteiger partial charge in [0.25, 0.3) is 0 Å². The Hall–Kier alpha value is -3.08. The van der Waals surface area contributed by atoms with E-state index in [4.69, 9.17) is 4.74 Å². The van der Waals surface area contributed by atoms with Crippen molar-refractivity contribution in [2.24, 2.45) is 28.6 Å². The lowest BCUT2D eigenvalue weighted by Crippen LogP contribution is -2.59. The summed E-state index contributed by atoms with van der Waals surface area (Å²) in [7, 11) is 0. The number of carbonyl (C=O) groups is 2. The summed E-state index contributed by atoms with van der Waals surface area (Å²) in [5.74, 6) is 1.78. The number of fused-ring (bicyclic) bond motifs is 5. The Bertz CT molecular complexity index is 1200. The fourth-order valence-corrected chi connectivity index (χ4v) is 8.57. The number of nitrogens with one attached hydrogen (secondary N) is 2. The molecule has 2 aromatic rings. The molecule has 0 bridgehead atoms. The van der Waals surface area contributed by atoms with Gasteiger partial charge in [-0.2, -0.15) is 0 Å². The first-order valence-electron chi connectivity index (χ1n) is 14.4. The fourth-order valence-electron chi connectivity index (χ4n) is 8.57. The molecule has 6 rings (SSSR count). The molecule has 8 atom stereocenters. The molecular weight excluding hydrogens is 472 g/mol. The topological polar surface area (TPSA) is 67.4 Å². The molecule has 5 heteroatoms. The molecule has 1 heterocycles. The molecule has 38 heavy (non-hydrogen) atoms. The minimum atomic E-state index is -0.308. The Morgan fingerprint density at radius 2 is 1.71 bits per heavy atom. The molecule has 4 aliphatic rings. The van der Waals surface area contributed by atoms with Crippen molar-refractivity contribution in [3.05, 3.63) is 83.9 Å². The first-order chi connectivity index (χ1) is 18.4.